The van der Waals surface area contributed by atoms with Gasteiger partial charge in [-0.3, -0.25) is 4.68 Å². The van der Waals surface area contributed by atoms with Gasteiger partial charge in [-0.1, -0.05) is 0 Å². The van der Waals surface area contributed by atoms with E-state index in [4.69, 9.17) is 15.5 Å². The fraction of sp³-hybridized carbons (Fsp3) is 0.455. The Kier molecular flexibility index (Phi) is 5.28. The summed E-state index contributed by atoms with van der Waals surface area (Å²) in [6.07, 6.45) is 5.19. The van der Waals surface area contributed by atoms with Crippen molar-refractivity contribution < 1.29 is 14.2 Å². The average molecular weight is 455 g/mol. The topological polar surface area (TPSA) is 120 Å². The number of aliphatic hydroxyl groups excluding tert-OH is 1. The quantitative estimate of drug-likeness (QED) is 0.472. The first-order valence-corrected chi connectivity index (χ1v) is 11.0. The Labute approximate surface area is 189 Å². The highest BCUT2D eigenvalue weighted by molar-refractivity contribution is 5.93. The number of halogens is 1. The van der Waals surface area contributed by atoms with Crippen molar-refractivity contribution in [2.45, 2.75) is 44.8 Å². The fourth-order valence-electron chi connectivity index (χ4n) is 4.33. The van der Waals surface area contributed by atoms with Crippen molar-refractivity contribution in [3.63, 3.8) is 0 Å². The molecule has 0 spiro atoms. The van der Waals surface area contributed by atoms with Crippen LogP contribution in [0.2, 0.25) is 0 Å². The molecule has 0 unspecified atom stereocenters. The summed E-state index contributed by atoms with van der Waals surface area (Å²) >= 11 is 0. The lowest BCUT2D eigenvalue weighted by Gasteiger charge is -2.32. The lowest BCUT2D eigenvalue weighted by Crippen LogP contribution is -2.34. The number of benzene rings is 1. The SMILES string of the molecule is COc1cc2nc(N)n3nc([C@@H]4CCCN(c5cnn([C@H](C)[C@H](C)O)c5)C4)nc3c2cc1F. The Bertz CT molecular complexity index is 1320. The first kappa shape index (κ1) is 21.4. The zero-order chi connectivity index (χ0) is 23.3. The first-order valence-electron chi connectivity index (χ1n) is 11.0. The molecule has 5 rings (SSSR count). The first-order chi connectivity index (χ1) is 15.9. The third-order valence-corrected chi connectivity index (χ3v) is 6.44. The van der Waals surface area contributed by atoms with Crippen LogP contribution in [0.25, 0.3) is 16.6 Å². The maximum absolute atomic E-state index is 14.4. The van der Waals surface area contributed by atoms with E-state index >= 15 is 0 Å². The zero-order valence-electron chi connectivity index (χ0n) is 18.8. The van der Waals surface area contributed by atoms with Crippen LogP contribution in [0, 0.1) is 5.82 Å². The molecule has 4 aromatic rings. The van der Waals surface area contributed by atoms with Gasteiger partial charge in [-0.25, -0.2) is 14.4 Å². The number of hydrogen-bond acceptors (Lipinski definition) is 8. The van der Waals surface area contributed by atoms with Crippen LogP contribution in [0.3, 0.4) is 0 Å². The highest BCUT2D eigenvalue weighted by atomic mass is 19.1. The molecule has 0 saturated carbocycles. The predicted molar refractivity (Wildman–Crippen MR) is 122 cm³/mol. The highest BCUT2D eigenvalue weighted by Gasteiger charge is 2.27. The van der Waals surface area contributed by atoms with E-state index in [2.05, 4.69) is 20.1 Å². The van der Waals surface area contributed by atoms with Crippen molar-refractivity contribution in [2.75, 3.05) is 30.8 Å². The van der Waals surface area contributed by atoms with Crippen LogP contribution in [0.1, 0.15) is 44.5 Å². The van der Waals surface area contributed by atoms with E-state index in [1.165, 1.54) is 23.8 Å². The van der Waals surface area contributed by atoms with Crippen LogP contribution in [0.4, 0.5) is 16.0 Å². The number of nitrogens with two attached hydrogens (primary N) is 1. The van der Waals surface area contributed by atoms with Crippen LogP contribution in [0.5, 0.6) is 5.75 Å². The van der Waals surface area contributed by atoms with Crippen molar-refractivity contribution in [1.82, 2.24) is 29.4 Å². The molecule has 1 aliphatic heterocycles. The third-order valence-electron chi connectivity index (χ3n) is 6.44. The molecule has 33 heavy (non-hydrogen) atoms. The number of fused-ring (bicyclic) bond motifs is 3. The van der Waals surface area contributed by atoms with Crippen LogP contribution in [0.15, 0.2) is 24.5 Å². The molecule has 3 N–H and O–H groups in total. The molecule has 1 aromatic carbocycles. The largest absolute Gasteiger partial charge is 0.494 e. The van der Waals surface area contributed by atoms with Gasteiger partial charge in [0.2, 0.25) is 5.95 Å². The van der Waals surface area contributed by atoms with Gasteiger partial charge in [-0.2, -0.15) is 9.61 Å². The summed E-state index contributed by atoms with van der Waals surface area (Å²) in [5, 5.41) is 19.4. The van der Waals surface area contributed by atoms with Crippen molar-refractivity contribution in [1.29, 1.82) is 0 Å². The highest BCUT2D eigenvalue weighted by Crippen LogP contribution is 2.31. The number of nitrogens with zero attached hydrogens (tertiary/aromatic N) is 7. The summed E-state index contributed by atoms with van der Waals surface area (Å²) in [5.41, 5.74) is 8.12. The normalized spacial score (nSPS) is 18.7. The van der Waals surface area contributed by atoms with Crippen LogP contribution < -0.4 is 15.4 Å². The van der Waals surface area contributed by atoms with Gasteiger partial charge in [0.15, 0.2) is 23.0 Å². The summed E-state index contributed by atoms with van der Waals surface area (Å²) in [6.45, 7) is 5.31. The third kappa shape index (κ3) is 3.71. The zero-order valence-corrected chi connectivity index (χ0v) is 18.8. The van der Waals surface area contributed by atoms with E-state index in [-0.39, 0.29) is 23.7 Å². The molecule has 0 radical (unpaired) electrons. The van der Waals surface area contributed by atoms with E-state index in [0.29, 0.717) is 22.4 Å². The average Bonchev–Trinajstić information content (AvgIpc) is 3.47. The Morgan fingerprint density at radius 2 is 2.09 bits per heavy atom. The minimum Gasteiger partial charge on any atom is -0.494 e. The molecule has 0 amide bonds. The second kappa shape index (κ2) is 8.14. The number of methoxy groups -OCH3 is 1. The molecule has 1 fully saturated rings. The number of anilines is 2. The molecule has 3 atom stereocenters. The Balaban J connectivity index is 1.47. The fourth-order valence-corrected chi connectivity index (χ4v) is 4.33. The van der Waals surface area contributed by atoms with Gasteiger partial charge >= 0.3 is 0 Å². The summed E-state index contributed by atoms with van der Waals surface area (Å²) in [7, 11) is 1.41. The van der Waals surface area contributed by atoms with Crippen molar-refractivity contribution in [3.8, 4) is 5.75 Å². The van der Waals surface area contributed by atoms with Gasteiger partial charge in [-0.05, 0) is 32.8 Å². The summed E-state index contributed by atoms with van der Waals surface area (Å²) < 4.78 is 22.7. The molecule has 11 heteroatoms. The number of nitrogen functional groups attached to an aromatic ring is 1. The number of piperidine rings is 1. The molecular weight excluding hydrogens is 427 g/mol. The molecule has 0 aliphatic carbocycles. The second-order valence-corrected chi connectivity index (χ2v) is 8.62. The van der Waals surface area contributed by atoms with E-state index in [1.54, 1.807) is 11.6 Å². The number of hydrogen-bond donors (Lipinski definition) is 2. The van der Waals surface area contributed by atoms with E-state index in [9.17, 15) is 9.50 Å². The minimum absolute atomic E-state index is 0.0775. The van der Waals surface area contributed by atoms with Crippen molar-refractivity contribution >= 4 is 28.2 Å². The monoisotopic (exact) mass is 454 g/mol. The molecule has 0 bridgehead atoms. The standard InChI is InChI=1S/C22H27FN8O2/c1-12(13(2)32)30-11-15(9-25-30)29-6-4-5-14(10-29)20-27-21-16-7-17(23)19(33-3)8-18(16)26-22(24)31(21)28-20/h7-9,11-14,32H,4-6,10H2,1-3H3,(H2,24,26)/t12-,13+,14-/m1/s1. The summed E-state index contributed by atoms with van der Waals surface area (Å²) in [6, 6.07) is 2.77. The van der Waals surface area contributed by atoms with E-state index in [0.717, 1.165) is 31.6 Å². The lowest BCUT2D eigenvalue weighted by molar-refractivity contribution is 0.132. The van der Waals surface area contributed by atoms with Crippen LogP contribution in [-0.4, -0.2) is 60.8 Å². The molecule has 174 valence electrons. The number of aliphatic hydroxyl groups is 1. The molecule has 1 saturated heterocycles. The number of rotatable bonds is 5. The van der Waals surface area contributed by atoms with Gasteiger partial charge < -0.3 is 20.5 Å². The number of ether oxygens (including phenoxy) is 1. The summed E-state index contributed by atoms with van der Waals surface area (Å²) in [4.78, 5) is 11.4. The van der Waals surface area contributed by atoms with Crippen molar-refractivity contribution in [3.05, 3.63) is 36.2 Å². The van der Waals surface area contributed by atoms with Crippen LogP contribution >= 0.6 is 0 Å². The smallest absolute Gasteiger partial charge is 0.223 e. The van der Waals surface area contributed by atoms with E-state index in [1.807, 2.05) is 19.3 Å². The maximum Gasteiger partial charge on any atom is 0.223 e. The molecular formula is C22H27FN8O2. The predicted octanol–water partition coefficient (Wildman–Crippen LogP) is 2.53. The van der Waals surface area contributed by atoms with Gasteiger partial charge in [0.1, 0.15) is 0 Å². The van der Waals surface area contributed by atoms with Gasteiger partial charge in [-0.15, -0.1) is 5.10 Å². The van der Waals surface area contributed by atoms with E-state index < -0.39 is 11.9 Å². The Morgan fingerprint density at radius 1 is 1.27 bits per heavy atom. The number of aromatic nitrogens is 6. The van der Waals surface area contributed by atoms with Gasteiger partial charge in [0, 0.05) is 36.7 Å². The maximum atomic E-state index is 14.4. The molecule has 1 aliphatic rings. The van der Waals surface area contributed by atoms with Crippen molar-refractivity contribution in [2.24, 2.45) is 0 Å². The minimum atomic E-state index is -0.493. The Morgan fingerprint density at radius 3 is 2.85 bits per heavy atom. The van der Waals surface area contributed by atoms with Gasteiger partial charge in [0.25, 0.3) is 0 Å². The Hall–Kier alpha value is -3.47. The summed E-state index contributed by atoms with van der Waals surface area (Å²) in [5.74, 6) is 0.531. The van der Waals surface area contributed by atoms with Gasteiger partial charge in [0.05, 0.1) is 36.7 Å². The molecule has 10 nitrogen and oxygen atoms in total. The second-order valence-electron chi connectivity index (χ2n) is 8.62. The van der Waals surface area contributed by atoms with Crippen LogP contribution in [-0.2, 0) is 0 Å². The molecule has 3 aromatic heterocycles. The molecule has 4 heterocycles. The lowest BCUT2D eigenvalue weighted by atomic mass is 9.97.